The fourth-order valence-corrected chi connectivity index (χ4v) is 4.71. The number of likely N-dealkylation sites (tertiary alicyclic amines) is 1. The fourth-order valence-electron chi connectivity index (χ4n) is 4.71. The van der Waals surface area contributed by atoms with Crippen molar-refractivity contribution >= 4 is 23.0 Å². The first-order valence-electron chi connectivity index (χ1n) is 12.0. The van der Waals surface area contributed by atoms with Crippen LogP contribution in [0.1, 0.15) is 53.2 Å². The van der Waals surface area contributed by atoms with E-state index in [0.29, 0.717) is 31.0 Å². The molecule has 1 saturated heterocycles. The van der Waals surface area contributed by atoms with Crippen LogP contribution >= 0.6 is 0 Å². The molecule has 1 atom stereocenters. The lowest BCUT2D eigenvalue weighted by atomic mass is 10.00. The van der Waals surface area contributed by atoms with E-state index >= 15 is 0 Å². The number of halogens is 3. The number of rotatable bonds is 5. The average Bonchev–Trinajstić information content (AvgIpc) is 3.54. The van der Waals surface area contributed by atoms with Crippen molar-refractivity contribution in [1.29, 1.82) is 0 Å². The summed E-state index contributed by atoms with van der Waals surface area (Å²) in [5.74, 6) is 4.17. The molecular formula is C28H22F3N5O3. The number of amides is 1. The summed E-state index contributed by atoms with van der Waals surface area (Å²) in [7, 11) is 0. The van der Waals surface area contributed by atoms with Crippen LogP contribution < -0.4 is 10.5 Å². The van der Waals surface area contributed by atoms with Gasteiger partial charge in [0, 0.05) is 24.5 Å². The molecule has 1 aliphatic heterocycles. The second-order valence-corrected chi connectivity index (χ2v) is 8.83. The zero-order valence-electron chi connectivity index (χ0n) is 20.7. The Morgan fingerprint density at radius 3 is 2.62 bits per heavy atom. The van der Waals surface area contributed by atoms with Crippen LogP contribution in [0, 0.1) is 11.8 Å². The number of alkyl halides is 3. The molecule has 0 saturated carbocycles. The quantitative estimate of drug-likeness (QED) is 0.285. The number of anilines is 1. The molecule has 0 unspecified atom stereocenters. The molecule has 1 fully saturated rings. The molecule has 1 aliphatic rings. The van der Waals surface area contributed by atoms with Crippen molar-refractivity contribution in [2.45, 2.75) is 32.0 Å². The van der Waals surface area contributed by atoms with Gasteiger partial charge < -0.3 is 15.4 Å². The van der Waals surface area contributed by atoms with Crippen LogP contribution in [0.3, 0.4) is 0 Å². The SMILES string of the molecule is CC#CC(=O)N1CCC[C@H]1c1nc(C(=O)c2ccc(Oc3ccccc3)cc2C(F)(F)F)c2c(N)nccn12. The van der Waals surface area contributed by atoms with E-state index in [1.54, 1.807) is 37.3 Å². The second kappa shape index (κ2) is 10.1. The van der Waals surface area contributed by atoms with E-state index < -0.39 is 35.0 Å². The van der Waals surface area contributed by atoms with E-state index in [4.69, 9.17) is 10.5 Å². The van der Waals surface area contributed by atoms with Gasteiger partial charge in [-0.25, -0.2) is 9.97 Å². The number of imidazole rings is 1. The maximum absolute atomic E-state index is 14.2. The molecule has 0 radical (unpaired) electrons. The monoisotopic (exact) mass is 533 g/mol. The topological polar surface area (TPSA) is 103 Å². The normalized spacial score (nSPS) is 15.2. The summed E-state index contributed by atoms with van der Waals surface area (Å²) in [6, 6.07) is 10.9. The van der Waals surface area contributed by atoms with Gasteiger partial charge in [-0.1, -0.05) is 24.1 Å². The Labute approximate surface area is 221 Å². The molecule has 0 bridgehead atoms. The van der Waals surface area contributed by atoms with Gasteiger partial charge in [-0.05, 0) is 56.0 Å². The van der Waals surface area contributed by atoms with Gasteiger partial charge in [0.1, 0.15) is 34.4 Å². The van der Waals surface area contributed by atoms with Crippen molar-refractivity contribution in [2.24, 2.45) is 0 Å². The smallest absolute Gasteiger partial charge is 0.417 e. The lowest BCUT2D eigenvalue weighted by Gasteiger charge is -2.21. The minimum Gasteiger partial charge on any atom is -0.457 e. The number of hydrogen-bond donors (Lipinski definition) is 1. The first-order valence-corrected chi connectivity index (χ1v) is 12.0. The molecule has 1 amide bonds. The van der Waals surface area contributed by atoms with Crippen LogP contribution in [0.25, 0.3) is 5.52 Å². The van der Waals surface area contributed by atoms with E-state index in [1.165, 1.54) is 27.8 Å². The number of ketones is 1. The summed E-state index contributed by atoms with van der Waals surface area (Å²) in [6.45, 7) is 1.98. The predicted octanol–water partition coefficient (Wildman–Crippen LogP) is 5.04. The lowest BCUT2D eigenvalue weighted by molar-refractivity contribution is -0.138. The predicted molar refractivity (Wildman–Crippen MR) is 136 cm³/mol. The molecule has 2 aromatic heterocycles. The standard InChI is InChI=1S/C28H22F3N5O3/c1-2-7-22(37)35-14-6-10-21(35)27-34-23(24-26(32)33-13-15-36(24)27)25(38)19-12-11-18(16-20(19)28(29,30)31)39-17-8-4-3-5-9-17/h3-5,8-9,11-13,15-16,21H,6,10,14H2,1H3,(H2,32,33)/t21-/m0/s1. The Bertz CT molecular complexity index is 1640. The van der Waals surface area contributed by atoms with Gasteiger partial charge in [0.05, 0.1) is 11.6 Å². The van der Waals surface area contributed by atoms with Crippen molar-refractivity contribution in [3.8, 4) is 23.3 Å². The highest BCUT2D eigenvalue weighted by Gasteiger charge is 2.39. The van der Waals surface area contributed by atoms with Gasteiger partial charge in [-0.3, -0.25) is 14.0 Å². The number of nitrogens with zero attached hydrogens (tertiary/aromatic N) is 4. The summed E-state index contributed by atoms with van der Waals surface area (Å²) < 4.78 is 49.6. The average molecular weight is 534 g/mol. The lowest BCUT2D eigenvalue weighted by Crippen LogP contribution is -2.30. The number of nitrogens with two attached hydrogens (primary N) is 1. The number of benzene rings is 2. The highest BCUT2D eigenvalue weighted by Crippen LogP contribution is 2.38. The zero-order chi connectivity index (χ0) is 27.7. The van der Waals surface area contributed by atoms with Crippen molar-refractivity contribution < 1.29 is 27.5 Å². The van der Waals surface area contributed by atoms with Gasteiger partial charge >= 0.3 is 6.18 Å². The Balaban J connectivity index is 1.61. The maximum Gasteiger partial charge on any atom is 0.417 e. The number of para-hydroxylation sites is 1. The van der Waals surface area contributed by atoms with Crippen molar-refractivity contribution in [3.05, 3.63) is 83.6 Å². The van der Waals surface area contributed by atoms with Gasteiger partial charge in [-0.15, -0.1) is 0 Å². The summed E-state index contributed by atoms with van der Waals surface area (Å²) in [5.41, 5.74) is 4.07. The highest BCUT2D eigenvalue weighted by atomic mass is 19.4. The molecule has 39 heavy (non-hydrogen) atoms. The third kappa shape index (κ3) is 4.88. The highest BCUT2D eigenvalue weighted by molar-refractivity contribution is 6.14. The van der Waals surface area contributed by atoms with Crippen molar-refractivity contribution in [1.82, 2.24) is 19.3 Å². The summed E-state index contributed by atoms with van der Waals surface area (Å²) in [4.78, 5) is 36.3. The van der Waals surface area contributed by atoms with E-state index in [9.17, 15) is 22.8 Å². The van der Waals surface area contributed by atoms with Gasteiger partial charge in [-0.2, -0.15) is 13.2 Å². The van der Waals surface area contributed by atoms with Crippen LogP contribution in [0.5, 0.6) is 11.5 Å². The van der Waals surface area contributed by atoms with Crippen LogP contribution in [0.15, 0.2) is 60.9 Å². The number of aromatic nitrogens is 3. The van der Waals surface area contributed by atoms with E-state index in [2.05, 4.69) is 21.8 Å². The number of nitrogen functional groups attached to an aromatic ring is 1. The van der Waals surface area contributed by atoms with Crippen molar-refractivity contribution in [2.75, 3.05) is 12.3 Å². The van der Waals surface area contributed by atoms with E-state index in [0.717, 1.165) is 12.1 Å². The molecule has 0 aliphatic carbocycles. The molecule has 4 aromatic rings. The molecule has 0 spiro atoms. The largest absolute Gasteiger partial charge is 0.457 e. The zero-order valence-corrected chi connectivity index (χ0v) is 20.7. The molecule has 198 valence electrons. The van der Waals surface area contributed by atoms with Crippen LogP contribution in [0.4, 0.5) is 19.0 Å². The summed E-state index contributed by atoms with van der Waals surface area (Å²) >= 11 is 0. The molecule has 2 aromatic carbocycles. The van der Waals surface area contributed by atoms with Crippen LogP contribution in [0.2, 0.25) is 0 Å². The number of carbonyl (C=O) groups excluding carboxylic acids is 2. The summed E-state index contributed by atoms with van der Waals surface area (Å²) in [6.07, 6.45) is -0.756. The van der Waals surface area contributed by atoms with E-state index in [-0.39, 0.29) is 22.8 Å². The Morgan fingerprint density at radius 2 is 1.90 bits per heavy atom. The molecule has 8 nitrogen and oxygen atoms in total. The Kier molecular flexibility index (Phi) is 6.70. The maximum atomic E-state index is 14.2. The molecular weight excluding hydrogens is 511 g/mol. The Morgan fingerprint density at radius 1 is 1.13 bits per heavy atom. The number of carbonyl (C=O) groups is 2. The fraction of sp³-hybridized carbons (Fsp3) is 0.214. The third-order valence-corrected chi connectivity index (χ3v) is 6.39. The van der Waals surface area contributed by atoms with E-state index in [1.807, 2.05) is 0 Å². The van der Waals surface area contributed by atoms with Gasteiger partial charge in [0.15, 0.2) is 0 Å². The minimum atomic E-state index is -4.86. The van der Waals surface area contributed by atoms with Crippen LogP contribution in [-0.2, 0) is 11.0 Å². The van der Waals surface area contributed by atoms with Gasteiger partial charge in [0.25, 0.3) is 5.91 Å². The first kappa shape index (κ1) is 25.8. The minimum absolute atomic E-state index is 0.0658. The number of hydrogen-bond acceptors (Lipinski definition) is 6. The summed E-state index contributed by atoms with van der Waals surface area (Å²) in [5, 5.41) is 0. The molecule has 11 heteroatoms. The molecule has 5 rings (SSSR count). The second-order valence-electron chi connectivity index (χ2n) is 8.83. The molecule has 3 heterocycles. The number of ether oxygens (including phenoxy) is 1. The van der Waals surface area contributed by atoms with Crippen molar-refractivity contribution in [3.63, 3.8) is 0 Å². The molecule has 2 N–H and O–H groups in total. The van der Waals surface area contributed by atoms with Crippen LogP contribution in [-0.4, -0.2) is 37.5 Å². The number of fused-ring (bicyclic) bond motifs is 1. The third-order valence-electron chi connectivity index (χ3n) is 6.39. The first-order chi connectivity index (χ1) is 18.7. The van der Waals surface area contributed by atoms with Gasteiger partial charge in [0.2, 0.25) is 5.78 Å². The Hall–Kier alpha value is -4.85.